The largest absolute Gasteiger partial charge is 0.508 e. The van der Waals surface area contributed by atoms with E-state index in [-0.39, 0.29) is 41.6 Å². The van der Waals surface area contributed by atoms with Crippen molar-refractivity contribution in [2.75, 3.05) is 7.11 Å². The summed E-state index contributed by atoms with van der Waals surface area (Å²) in [7, 11) is 1.21. The number of ether oxygens (including phenoxy) is 1. The maximum absolute atomic E-state index is 11.0. The first-order chi connectivity index (χ1) is 7.45. The molecule has 1 aromatic carbocycles. The number of carbonyl (C=O) groups is 1. The van der Waals surface area contributed by atoms with Crippen molar-refractivity contribution in [3.05, 3.63) is 17.7 Å². The number of esters is 1. The van der Waals surface area contributed by atoms with E-state index < -0.39 is 12.0 Å². The van der Waals surface area contributed by atoms with Gasteiger partial charge in [0.2, 0.25) is 0 Å². The minimum Gasteiger partial charge on any atom is -0.508 e. The molecule has 0 heterocycles. The first-order valence-corrected chi connectivity index (χ1v) is 4.53. The second kappa shape index (κ2) is 6.17. The van der Waals surface area contributed by atoms with Gasteiger partial charge in [-0.1, -0.05) is 0 Å². The van der Waals surface area contributed by atoms with E-state index in [0.29, 0.717) is 0 Å². The number of benzene rings is 1. The molecule has 0 radical (unpaired) electrons. The molecule has 0 unspecified atom stereocenters. The van der Waals surface area contributed by atoms with Crippen molar-refractivity contribution in [2.24, 2.45) is 5.73 Å². The Labute approximate surface area is 104 Å². The van der Waals surface area contributed by atoms with Crippen LogP contribution in [0.4, 0.5) is 0 Å². The van der Waals surface area contributed by atoms with Crippen LogP contribution in [0.3, 0.4) is 0 Å². The van der Waals surface area contributed by atoms with Gasteiger partial charge in [0, 0.05) is 18.2 Å². The Morgan fingerprint density at radius 2 is 1.82 bits per heavy atom. The van der Waals surface area contributed by atoms with E-state index >= 15 is 0 Å². The van der Waals surface area contributed by atoms with Crippen LogP contribution >= 0.6 is 12.4 Å². The van der Waals surface area contributed by atoms with Gasteiger partial charge in [0.15, 0.2) is 0 Å². The molecular weight excluding hydrogens is 250 g/mol. The number of hydrogen-bond donors (Lipinski definition) is 4. The Bertz CT molecular complexity index is 387. The number of methoxy groups -OCH3 is 1. The third kappa shape index (κ3) is 3.69. The van der Waals surface area contributed by atoms with Crippen molar-refractivity contribution in [3.8, 4) is 17.2 Å². The Kier molecular flexibility index (Phi) is 5.57. The summed E-state index contributed by atoms with van der Waals surface area (Å²) < 4.78 is 4.41. The van der Waals surface area contributed by atoms with Crippen LogP contribution in [0.5, 0.6) is 17.2 Å². The van der Waals surface area contributed by atoms with Crippen LogP contribution in [-0.2, 0) is 9.53 Å². The molecule has 0 saturated carbocycles. The number of rotatable bonds is 3. The van der Waals surface area contributed by atoms with Crippen molar-refractivity contribution >= 4 is 18.4 Å². The molecule has 17 heavy (non-hydrogen) atoms. The van der Waals surface area contributed by atoms with Gasteiger partial charge in [-0.25, -0.2) is 0 Å². The van der Waals surface area contributed by atoms with E-state index in [9.17, 15) is 15.0 Å². The monoisotopic (exact) mass is 263 g/mol. The van der Waals surface area contributed by atoms with Crippen molar-refractivity contribution in [1.29, 1.82) is 0 Å². The first-order valence-electron chi connectivity index (χ1n) is 4.53. The Balaban J connectivity index is 0.00000256. The molecule has 1 aromatic rings. The van der Waals surface area contributed by atoms with Crippen LogP contribution in [0.2, 0.25) is 0 Å². The number of aromatic hydroxyl groups is 3. The molecule has 0 aliphatic heterocycles. The summed E-state index contributed by atoms with van der Waals surface area (Å²) in [6, 6.07) is 1.17. The molecule has 96 valence electrons. The van der Waals surface area contributed by atoms with Gasteiger partial charge in [-0.05, 0) is 0 Å². The predicted molar refractivity (Wildman–Crippen MR) is 62.2 cm³/mol. The average Bonchev–Trinajstić information content (AvgIpc) is 2.15. The minimum atomic E-state index is -0.895. The molecule has 7 heteroatoms. The van der Waals surface area contributed by atoms with E-state index in [1.807, 2.05) is 0 Å². The summed E-state index contributed by atoms with van der Waals surface area (Å²) in [5.41, 5.74) is 5.62. The molecular formula is C10H14ClNO5. The highest BCUT2D eigenvalue weighted by atomic mass is 35.5. The van der Waals surface area contributed by atoms with E-state index in [1.165, 1.54) is 7.11 Å². The first kappa shape index (κ1) is 15.3. The molecule has 0 aliphatic rings. The zero-order valence-corrected chi connectivity index (χ0v) is 9.90. The topological polar surface area (TPSA) is 113 Å². The second-order valence-corrected chi connectivity index (χ2v) is 3.28. The van der Waals surface area contributed by atoms with Crippen LogP contribution in [0.1, 0.15) is 18.0 Å². The molecule has 0 aromatic heterocycles. The summed E-state index contributed by atoms with van der Waals surface area (Å²) in [5.74, 6) is -1.58. The molecule has 1 rings (SSSR count). The van der Waals surface area contributed by atoms with Gasteiger partial charge in [-0.15, -0.1) is 12.4 Å². The Morgan fingerprint density at radius 3 is 2.24 bits per heavy atom. The van der Waals surface area contributed by atoms with E-state index in [2.05, 4.69) is 4.74 Å². The van der Waals surface area contributed by atoms with Gasteiger partial charge in [-0.2, -0.15) is 0 Å². The summed E-state index contributed by atoms with van der Waals surface area (Å²) in [4.78, 5) is 11.0. The fraction of sp³-hybridized carbons (Fsp3) is 0.300. The Hall–Kier alpha value is -1.66. The lowest BCUT2D eigenvalue weighted by atomic mass is 10.0. The number of hydrogen-bond acceptors (Lipinski definition) is 6. The second-order valence-electron chi connectivity index (χ2n) is 3.28. The molecule has 0 aliphatic carbocycles. The van der Waals surface area contributed by atoms with Crippen LogP contribution in [0.25, 0.3) is 0 Å². The zero-order valence-electron chi connectivity index (χ0n) is 9.08. The third-order valence-corrected chi connectivity index (χ3v) is 2.11. The maximum atomic E-state index is 11.0. The van der Waals surface area contributed by atoms with Crippen molar-refractivity contribution in [3.63, 3.8) is 0 Å². The SMILES string of the molecule is COC(=O)C[C@H](N)c1c(O)cc(O)cc1O.Cl. The van der Waals surface area contributed by atoms with Gasteiger partial charge >= 0.3 is 5.97 Å². The predicted octanol–water partition coefficient (Wildman–Crippen LogP) is 0.788. The van der Waals surface area contributed by atoms with Crippen LogP contribution < -0.4 is 5.73 Å². The molecule has 6 nitrogen and oxygen atoms in total. The molecule has 1 atom stereocenters. The molecule has 0 saturated heterocycles. The lowest BCUT2D eigenvalue weighted by Gasteiger charge is -2.14. The smallest absolute Gasteiger partial charge is 0.307 e. The quantitative estimate of drug-likeness (QED) is 0.600. The third-order valence-electron chi connectivity index (χ3n) is 2.11. The van der Waals surface area contributed by atoms with E-state index in [4.69, 9.17) is 10.8 Å². The number of phenolic OH excluding ortho intramolecular Hbond substituents is 3. The summed E-state index contributed by atoms with van der Waals surface area (Å²) in [6.45, 7) is 0. The summed E-state index contributed by atoms with van der Waals surface area (Å²) in [5, 5.41) is 28.0. The molecule has 0 amide bonds. The number of phenols is 3. The van der Waals surface area contributed by atoms with Gasteiger partial charge in [0.1, 0.15) is 17.2 Å². The lowest BCUT2D eigenvalue weighted by Crippen LogP contribution is -2.16. The van der Waals surface area contributed by atoms with Gasteiger partial charge in [0.25, 0.3) is 0 Å². The van der Waals surface area contributed by atoms with Gasteiger partial charge in [0.05, 0.1) is 19.1 Å². The average molecular weight is 264 g/mol. The van der Waals surface area contributed by atoms with Crippen molar-refractivity contribution < 1.29 is 24.9 Å². The number of halogens is 1. The van der Waals surface area contributed by atoms with E-state index in [0.717, 1.165) is 12.1 Å². The highest BCUT2D eigenvalue weighted by Gasteiger charge is 2.20. The summed E-state index contributed by atoms with van der Waals surface area (Å²) >= 11 is 0. The van der Waals surface area contributed by atoms with E-state index in [1.54, 1.807) is 0 Å². The summed E-state index contributed by atoms with van der Waals surface area (Å²) in [6.07, 6.45) is -0.178. The highest BCUT2D eigenvalue weighted by Crippen LogP contribution is 2.36. The molecule has 0 spiro atoms. The fourth-order valence-corrected chi connectivity index (χ4v) is 1.35. The standard InChI is InChI=1S/C10H13NO5.ClH/c1-16-9(15)4-6(11)10-7(13)2-5(12)3-8(10)14;/h2-3,6,12-14H,4,11H2,1H3;1H/t6-;/m0./s1. The zero-order chi connectivity index (χ0) is 12.3. The maximum Gasteiger partial charge on any atom is 0.307 e. The van der Waals surface area contributed by atoms with Crippen LogP contribution in [0, 0.1) is 0 Å². The van der Waals surface area contributed by atoms with Crippen LogP contribution in [0.15, 0.2) is 12.1 Å². The van der Waals surface area contributed by atoms with Gasteiger partial charge in [-0.3, -0.25) is 4.79 Å². The lowest BCUT2D eigenvalue weighted by molar-refractivity contribution is -0.141. The normalized spacial score (nSPS) is 11.4. The molecule has 5 N–H and O–H groups in total. The molecule has 0 bridgehead atoms. The van der Waals surface area contributed by atoms with Crippen molar-refractivity contribution in [2.45, 2.75) is 12.5 Å². The van der Waals surface area contributed by atoms with Crippen LogP contribution in [-0.4, -0.2) is 28.4 Å². The number of nitrogens with two attached hydrogens (primary N) is 1. The van der Waals surface area contributed by atoms with Crippen molar-refractivity contribution in [1.82, 2.24) is 0 Å². The minimum absolute atomic E-state index is 0. The number of carbonyl (C=O) groups excluding carboxylic acids is 1. The fourth-order valence-electron chi connectivity index (χ4n) is 1.35. The Morgan fingerprint density at radius 1 is 1.35 bits per heavy atom. The molecule has 0 fully saturated rings. The van der Waals surface area contributed by atoms with Gasteiger partial charge < -0.3 is 25.8 Å². The highest BCUT2D eigenvalue weighted by molar-refractivity contribution is 5.85.